The lowest BCUT2D eigenvalue weighted by Gasteiger charge is -2.36. The predicted molar refractivity (Wildman–Crippen MR) is 74.7 cm³/mol. The van der Waals surface area contributed by atoms with Gasteiger partial charge in [0.15, 0.2) is 0 Å². The molecular weight excluding hydrogens is 238 g/mol. The Morgan fingerprint density at radius 3 is 2.58 bits per heavy atom. The van der Waals surface area contributed by atoms with Crippen LogP contribution in [0, 0.1) is 11.3 Å². The first-order chi connectivity index (χ1) is 9.30. The Hall–Kier alpha value is -1.41. The average molecular weight is 259 g/mol. The largest absolute Gasteiger partial charge is 0.379 e. The SMILES string of the molecule is CCNC(C#N)(CN1CCOCC1)c1ccccc1. The average Bonchev–Trinajstić information content (AvgIpc) is 2.49. The molecule has 0 aromatic heterocycles. The lowest BCUT2D eigenvalue weighted by molar-refractivity contribution is 0.0285. The maximum Gasteiger partial charge on any atom is 0.145 e. The maximum absolute atomic E-state index is 9.72. The van der Waals surface area contributed by atoms with Gasteiger partial charge in [-0.2, -0.15) is 5.26 Å². The number of rotatable bonds is 5. The summed E-state index contributed by atoms with van der Waals surface area (Å²) in [6.45, 7) is 6.79. The van der Waals surface area contributed by atoms with E-state index in [2.05, 4.69) is 16.3 Å². The van der Waals surface area contributed by atoms with Gasteiger partial charge < -0.3 is 4.74 Å². The van der Waals surface area contributed by atoms with Crippen LogP contribution in [-0.4, -0.2) is 44.3 Å². The number of hydrogen-bond donors (Lipinski definition) is 1. The van der Waals surface area contributed by atoms with E-state index < -0.39 is 5.54 Å². The molecule has 0 bridgehead atoms. The topological polar surface area (TPSA) is 48.3 Å². The molecule has 0 spiro atoms. The first kappa shape index (κ1) is 14.0. The van der Waals surface area contributed by atoms with E-state index in [1.165, 1.54) is 0 Å². The molecule has 1 aliphatic rings. The van der Waals surface area contributed by atoms with Crippen LogP contribution in [-0.2, 0) is 10.3 Å². The summed E-state index contributed by atoms with van der Waals surface area (Å²) < 4.78 is 5.37. The molecule has 1 aliphatic heterocycles. The van der Waals surface area contributed by atoms with Gasteiger partial charge in [-0.1, -0.05) is 37.3 Å². The lowest BCUT2D eigenvalue weighted by atomic mass is 9.90. The van der Waals surface area contributed by atoms with Crippen molar-refractivity contribution in [3.63, 3.8) is 0 Å². The fourth-order valence-electron chi connectivity index (χ4n) is 2.51. The highest BCUT2D eigenvalue weighted by Crippen LogP contribution is 2.22. The first-order valence-electron chi connectivity index (χ1n) is 6.82. The third-order valence-electron chi connectivity index (χ3n) is 3.50. The number of likely N-dealkylation sites (N-methyl/N-ethyl adjacent to an activating group) is 1. The zero-order chi connectivity index (χ0) is 13.6. The van der Waals surface area contributed by atoms with Gasteiger partial charge >= 0.3 is 0 Å². The van der Waals surface area contributed by atoms with E-state index in [1.807, 2.05) is 37.3 Å². The summed E-state index contributed by atoms with van der Waals surface area (Å²) in [4.78, 5) is 2.29. The van der Waals surface area contributed by atoms with Crippen molar-refractivity contribution in [3.8, 4) is 6.07 Å². The molecule has 0 radical (unpaired) electrons. The van der Waals surface area contributed by atoms with Gasteiger partial charge in [-0.05, 0) is 12.1 Å². The second kappa shape index (κ2) is 6.67. The van der Waals surface area contributed by atoms with Crippen LogP contribution in [0.1, 0.15) is 12.5 Å². The fraction of sp³-hybridized carbons (Fsp3) is 0.533. The molecule has 1 fully saturated rings. The number of hydrogen-bond acceptors (Lipinski definition) is 4. The molecule has 1 atom stereocenters. The van der Waals surface area contributed by atoms with Crippen molar-refractivity contribution in [2.24, 2.45) is 0 Å². The predicted octanol–water partition coefficient (Wildman–Crippen LogP) is 1.35. The van der Waals surface area contributed by atoms with Crippen molar-refractivity contribution >= 4 is 0 Å². The molecule has 2 rings (SSSR count). The highest BCUT2D eigenvalue weighted by molar-refractivity contribution is 5.32. The number of morpholine rings is 1. The van der Waals surface area contributed by atoms with Crippen molar-refractivity contribution in [1.82, 2.24) is 10.2 Å². The summed E-state index contributed by atoms with van der Waals surface area (Å²) in [5.74, 6) is 0. The second-order valence-electron chi connectivity index (χ2n) is 4.80. The molecule has 1 saturated heterocycles. The standard InChI is InChI=1S/C15H21N3O/c1-2-17-15(12-16,14-6-4-3-5-7-14)13-18-8-10-19-11-9-18/h3-7,17H,2,8-11,13H2,1H3. The van der Waals surface area contributed by atoms with Crippen LogP contribution in [0.4, 0.5) is 0 Å². The lowest BCUT2D eigenvalue weighted by Crippen LogP contribution is -2.52. The molecule has 4 nitrogen and oxygen atoms in total. The summed E-state index contributed by atoms with van der Waals surface area (Å²) in [5.41, 5.74) is 0.402. The van der Waals surface area contributed by atoms with Crippen LogP contribution in [0.15, 0.2) is 30.3 Å². The van der Waals surface area contributed by atoms with Gasteiger partial charge in [0, 0.05) is 19.6 Å². The maximum atomic E-state index is 9.72. The molecule has 1 unspecified atom stereocenters. The van der Waals surface area contributed by atoms with Gasteiger partial charge in [-0.15, -0.1) is 0 Å². The Kier molecular flexibility index (Phi) is 4.92. The minimum atomic E-state index is -0.632. The van der Waals surface area contributed by atoms with E-state index in [0.29, 0.717) is 6.54 Å². The third kappa shape index (κ3) is 3.32. The fourth-order valence-corrected chi connectivity index (χ4v) is 2.51. The van der Waals surface area contributed by atoms with Crippen LogP contribution in [0.25, 0.3) is 0 Å². The first-order valence-corrected chi connectivity index (χ1v) is 6.82. The van der Waals surface area contributed by atoms with Gasteiger partial charge in [-0.25, -0.2) is 0 Å². The number of benzene rings is 1. The number of nitrogens with zero attached hydrogens (tertiary/aromatic N) is 2. The Bertz CT molecular complexity index is 423. The Morgan fingerprint density at radius 2 is 2.00 bits per heavy atom. The van der Waals surface area contributed by atoms with Crippen molar-refractivity contribution in [2.45, 2.75) is 12.5 Å². The van der Waals surface area contributed by atoms with Crippen LogP contribution < -0.4 is 5.32 Å². The molecule has 4 heteroatoms. The molecule has 19 heavy (non-hydrogen) atoms. The summed E-state index contributed by atoms with van der Waals surface area (Å²) >= 11 is 0. The molecule has 1 heterocycles. The molecule has 102 valence electrons. The van der Waals surface area contributed by atoms with Crippen LogP contribution in [0.2, 0.25) is 0 Å². The summed E-state index contributed by atoms with van der Waals surface area (Å²) in [6.07, 6.45) is 0. The molecular formula is C15H21N3O. The Morgan fingerprint density at radius 1 is 1.32 bits per heavy atom. The monoisotopic (exact) mass is 259 g/mol. The highest BCUT2D eigenvalue weighted by atomic mass is 16.5. The smallest absolute Gasteiger partial charge is 0.145 e. The van der Waals surface area contributed by atoms with Gasteiger partial charge in [0.05, 0.1) is 19.3 Å². The van der Waals surface area contributed by atoms with Crippen LogP contribution in [0.5, 0.6) is 0 Å². The van der Waals surface area contributed by atoms with E-state index in [9.17, 15) is 5.26 Å². The molecule has 0 saturated carbocycles. The third-order valence-corrected chi connectivity index (χ3v) is 3.50. The summed E-state index contributed by atoms with van der Waals surface area (Å²) in [6, 6.07) is 12.5. The van der Waals surface area contributed by atoms with Gasteiger partial charge in [0.2, 0.25) is 0 Å². The molecule has 0 amide bonds. The molecule has 1 N–H and O–H groups in total. The second-order valence-corrected chi connectivity index (χ2v) is 4.80. The molecule has 1 aromatic carbocycles. The quantitative estimate of drug-likeness (QED) is 0.867. The number of nitriles is 1. The van der Waals surface area contributed by atoms with E-state index in [0.717, 1.165) is 38.4 Å². The van der Waals surface area contributed by atoms with E-state index in [1.54, 1.807) is 0 Å². The number of nitrogens with one attached hydrogen (secondary N) is 1. The zero-order valence-corrected chi connectivity index (χ0v) is 11.4. The molecule has 1 aromatic rings. The van der Waals surface area contributed by atoms with Crippen molar-refractivity contribution in [3.05, 3.63) is 35.9 Å². The van der Waals surface area contributed by atoms with Gasteiger partial charge in [0.1, 0.15) is 5.54 Å². The van der Waals surface area contributed by atoms with Crippen LogP contribution in [0.3, 0.4) is 0 Å². The summed E-state index contributed by atoms with van der Waals surface area (Å²) in [5, 5.41) is 13.1. The Labute approximate surface area is 115 Å². The van der Waals surface area contributed by atoms with Gasteiger partial charge in [0.25, 0.3) is 0 Å². The van der Waals surface area contributed by atoms with E-state index in [4.69, 9.17) is 4.74 Å². The van der Waals surface area contributed by atoms with Crippen molar-refractivity contribution in [2.75, 3.05) is 39.4 Å². The minimum Gasteiger partial charge on any atom is -0.379 e. The normalized spacial score (nSPS) is 19.6. The summed E-state index contributed by atoms with van der Waals surface area (Å²) in [7, 11) is 0. The molecule has 0 aliphatic carbocycles. The zero-order valence-electron chi connectivity index (χ0n) is 11.4. The minimum absolute atomic E-state index is 0.632. The van der Waals surface area contributed by atoms with Gasteiger partial charge in [-0.3, -0.25) is 10.2 Å². The van der Waals surface area contributed by atoms with Crippen LogP contribution >= 0.6 is 0 Å². The van der Waals surface area contributed by atoms with Crippen molar-refractivity contribution < 1.29 is 4.74 Å². The van der Waals surface area contributed by atoms with E-state index in [-0.39, 0.29) is 0 Å². The Balaban J connectivity index is 2.21. The number of ether oxygens (including phenoxy) is 1. The van der Waals surface area contributed by atoms with E-state index >= 15 is 0 Å². The highest BCUT2D eigenvalue weighted by Gasteiger charge is 2.33. The van der Waals surface area contributed by atoms with Crippen molar-refractivity contribution in [1.29, 1.82) is 5.26 Å².